The fourth-order valence-electron chi connectivity index (χ4n) is 2.42. The van der Waals surface area contributed by atoms with E-state index >= 15 is 0 Å². The van der Waals surface area contributed by atoms with Gasteiger partial charge >= 0.3 is 5.97 Å². The molecule has 2 heterocycles. The Hall–Kier alpha value is -1.14. The third-order valence-electron chi connectivity index (χ3n) is 3.57. The average Bonchev–Trinajstić information content (AvgIpc) is 2.80. The topological polar surface area (TPSA) is 56.7 Å². The molecule has 0 atom stereocenters. The molecule has 0 unspecified atom stereocenters. The lowest BCUT2D eigenvalue weighted by Crippen LogP contribution is -2.35. The standard InChI is InChI=1S/C13H21N3O2S/c1-15-5-3-10(4-6-15)8-16(2)13-14-11(9-19-13)7-12(17)18/h9-10H,3-8H2,1-2H3,(H,17,18). The van der Waals surface area contributed by atoms with E-state index in [0.29, 0.717) is 11.6 Å². The van der Waals surface area contributed by atoms with Crippen molar-refractivity contribution in [1.29, 1.82) is 0 Å². The average molecular weight is 283 g/mol. The normalized spacial score (nSPS) is 17.6. The molecule has 0 radical (unpaired) electrons. The van der Waals surface area contributed by atoms with Crippen molar-refractivity contribution in [3.63, 3.8) is 0 Å². The third kappa shape index (κ3) is 4.18. The maximum atomic E-state index is 10.6. The predicted octanol–water partition coefficient (Wildman–Crippen LogP) is 1.55. The third-order valence-corrected chi connectivity index (χ3v) is 4.57. The Balaban J connectivity index is 1.87. The van der Waals surface area contributed by atoms with Crippen LogP contribution >= 0.6 is 11.3 Å². The van der Waals surface area contributed by atoms with Crippen LogP contribution in [0.3, 0.4) is 0 Å². The van der Waals surface area contributed by atoms with Gasteiger partial charge in [0.1, 0.15) is 0 Å². The van der Waals surface area contributed by atoms with Crippen LogP contribution in [0.5, 0.6) is 0 Å². The monoisotopic (exact) mass is 283 g/mol. The number of likely N-dealkylation sites (tertiary alicyclic amines) is 1. The number of thiazole rings is 1. The molecule has 5 nitrogen and oxygen atoms in total. The number of carboxylic acid groups (broad SMARTS) is 1. The smallest absolute Gasteiger partial charge is 0.309 e. The van der Waals surface area contributed by atoms with Crippen molar-refractivity contribution in [1.82, 2.24) is 9.88 Å². The zero-order chi connectivity index (χ0) is 13.8. The van der Waals surface area contributed by atoms with E-state index in [2.05, 4.69) is 21.8 Å². The van der Waals surface area contributed by atoms with E-state index in [4.69, 9.17) is 5.11 Å². The van der Waals surface area contributed by atoms with Crippen molar-refractivity contribution in [3.05, 3.63) is 11.1 Å². The first kappa shape index (κ1) is 14.3. The van der Waals surface area contributed by atoms with Gasteiger partial charge in [0.25, 0.3) is 0 Å². The van der Waals surface area contributed by atoms with Crippen molar-refractivity contribution in [2.24, 2.45) is 5.92 Å². The molecule has 106 valence electrons. The zero-order valence-electron chi connectivity index (χ0n) is 11.5. The van der Waals surface area contributed by atoms with Crippen LogP contribution in [0.25, 0.3) is 0 Å². The van der Waals surface area contributed by atoms with Crippen LogP contribution in [0.15, 0.2) is 5.38 Å². The van der Waals surface area contributed by atoms with Gasteiger partial charge < -0.3 is 14.9 Å². The lowest BCUT2D eigenvalue weighted by molar-refractivity contribution is -0.136. The number of hydrogen-bond acceptors (Lipinski definition) is 5. The molecule has 0 aromatic carbocycles. The fraction of sp³-hybridized carbons (Fsp3) is 0.692. The summed E-state index contributed by atoms with van der Waals surface area (Å²) in [5.41, 5.74) is 0.655. The van der Waals surface area contributed by atoms with Gasteiger partial charge in [0.05, 0.1) is 12.1 Å². The molecule has 1 aromatic heterocycles. The number of nitrogens with zero attached hydrogens (tertiary/aromatic N) is 3. The molecule has 2 rings (SSSR count). The van der Waals surface area contributed by atoms with Gasteiger partial charge in [0.15, 0.2) is 5.13 Å². The summed E-state index contributed by atoms with van der Waals surface area (Å²) in [6, 6.07) is 0. The van der Waals surface area contributed by atoms with Gasteiger partial charge in [-0.3, -0.25) is 4.79 Å². The number of carboxylic acids is 1. The van der Waals surface area contributed by atoms with Gasteiger partial charge in [-0.1, -0.05) is 0 Å². The molecular formula is C13H21N3O2S. The predicted molar refractivity (Wildman–Crippen MR) is 76.9 cm³/mol. The summed E-state index contributed by atoms with van der Waals surface area (Å²) >= 11 is 1.53. The number of aromatic nitrogens is 1. The van der Waals surface area contributed by atoms with Crippen LogP contribution in [0.1, 0.15) is 18.5 Å². The van der Waals surface area contributed by atoms with Gasteiger partial charge in [-0.15, -0.1) is 11.3 Å². The van der Waals surface area contributed by atoms with Crippen LogP contribution in [-0.4, -0.2) is 54.7 Å². The van der Waals surface area contributed by atoms with Crippen LogP contribution in [-0.2, 0) is 11.2 Å². The second kappa shape index (κ2) is 6.34. The molecule has 0 amide bonds. The SMILES string of the molecule is CN1CCC(CN(C)c2nc(CC(=O)O)cs2)CC1. The van der Waals surface area contributed by atoms with E-state index in [-0.39, 0.29) is 6.42 Å². The van der Waals surface area contributed by atoms with E-state index in [1.54, 1.807) is 0 Å². The molecule has 0 saturated carbocycles. The summed E-state index contributed by atoms with van der Waals surface area (Å²) in [7, 11) is 4.21. The first-order chi connectivity index (χ1) is 9.04. The lowest BCUT2D eigenvalue weighted by Gasteiger charge is -2.31. The van der Waals surface area contributed by atoms with Crippen LogP contribution in [0, 0.1) is 5.92 Å². The molecule has 0 aliphatic carbocycles. The minimum atomic E-state index is -0.824. The molecule has 1 aliphatic heterocycles. The van der Waals surface area contributed by atoms with Crippen molar-refractivity contribution < 1.29 is 9.90 Å². The summed E-state index contributed by atoms with van der Waals surface area (Å²) in [6.45, 7) is 3.34. The van der Waals surface area contributed by atoms with E-state index < -0.39 is 5.97 Å². The Labute approximate surface area is 117 Å². The Morgan fingerprint density at radius 3 is 2.89 bits per heavy atom. The highest BCUT2D eigenvalue weighted by molar-refractivity contribution is 7.13. The summed E-state index contributed by atoms with van der Waals surface area (Å²) < 4.78 is 0. The number of hydrogen-bond donors (Lipinski definition) is 1. The minimum absolute atomic E-state index is 0.0125. The molecule has 0 spiro atoms. The largest absolute Gasteiger partial charge is 0.481 e. The highest BCUT2D eigenvalue weighted by Gasteiger charge is 2.19. The quantitative estimate of drug-likeness (QED) is 0.888. The van der Waals surface area contributed by atoms with Crippen LogP contribution in [0.2, 0.25) is 0 Å². The molecule has 1 saturated heterocycles. The van der Waals surface area contributed by atoms with Crippen molar-refractivity contribution in [2.45, 2.75) is 19.3 Å². The maximum absolute atomic E-state index is 10.6. The van der Waals surface area contributed by atoms with Gasteiger partial charge in [0, 0.05) is 19.0 Å². The van der Waals surface area contributed by atoms with E-state index in [1.807, 2.05) is 12.4 Å². The number of rotatable bonds is 5. The Kier molecular flexibility index (Phi) is 4.76. The van der Waals surface area contributed by atoms with E-state index in [9.17, 15) is 4.79 Å². The molecule has 6 heteroatoms. The van der Waals surface area contributed by atoms with Gasteiger partial charge in [0.2, 0.25) is 0 Å². The van der Waals surface area contributed by atoms with Crippen LogP contribution < -0.4 is 4.90 Å². The lowest BCUT2D eigenvalue weighted by atomic mass is 9.97. The second-order valence-corrected chi connectivity index (χ2v) is 6.16. The van der Waals surface area contributed by atoms with Gasteiger partial charge in [-0.05, 0) is 38.9 Å². The second-order valence-electron chi connectivity index (χ2n) is 5.32. The minimum Gasteiger partial charge on any atom is -0.481 e. The van der Waals surface area contributed by atoms with Crippen molar-refractivity contribution in [3.8, 4) is 0 Å². The fourth-order valence-corrected chi connectivity index (χ4v) is 3.22. The molecule has 1 N–H and O–H groups in total. The highest BCUT2D eigenvalue weighted by Crippen LogP contribution is 2.23. The first-order valence-corrected chi connectivity index (χ1v) is 7.48. The Morgan fingerprint density at radius 1 is 1.58 bits per heavy atom. The molecule has 19 heavy (non-hydrogen) atoms. The maximum Gasteiger partial charge on any atom is 0.309 e. The van der Waals surface area contributed by atoms with Crippen molar-refractivity contribution >= 4 is 22.4 Å². The van der Waals surface area contributed by atoms with Gasteiger partial charge in [-0.25, -0.2) is 4.98 Å². The number of anilines is 1. The van der Waals surface area contributed by atoms with Crippen LogP contribution in [0.4, 0.5) is 5.13 Å². The molecular weight excluding hydrogens is 262 g/mol. The molecule has 1 aliphatic rings. The summed E-state index contributed by atoms with van der Waals surface area (Å²) in [4.78, 5) is 19.6. The highest BCUT2D eigenvalue weighted by atomic mass is 32.1. The van der Waals surface area contributed by atoms with E-state index in [1.165, 1.54) is 37.3 Å². The summed E-state index contributed by atoms with van der Waals surface area (Å²) in [5, 5.41) is 11.5. The molecule has 1 aromatic rings. The molecule has 1 fully saturated rings. The summed E-state index contributed by atoms with van der Waals surface area (Å²) in [6.07, 6.45) is 2.47. The zero-order valence-corrected chi connectivity index (χ0v) is 12.3. The van der Waals surface area contributed by atoms with E-state index in [0.717, 1.165) is 11.7 Å². The Morgan fingerprint density at radius 2 is 2.26 bits per heavy atom. The summed E-state index contributed by atoms with van der Waals surface area (Å²) in [5.74, 6) is -0.108. The van der Waals surface area contributed by atoms with Crippen molar-refractivity contribution in [2.75, 3.05) is 38.6 Å². The number of piperidine rings is 1. The molecule has 0 bridgehead atoms. The number of aliphatic carboxylic acids is 1. The van der Waals surface area contributed by atoms with Gasteiger partial charge in [-0.2, -0.15) is 0 Å². The Bertz CT molecular complexity index is 427. The number of carbonyl (C=O) groups is 1. The first-order valence-electron chi connectivity index (χ1n) is 6.60.